The Bertz CT molecular complexity index is 1140. The fourth-order valence-electron chi connectivity index (χ4n) is 2.57. The Morgan fingerprint density at radius 2 is 1.73 bits per heavy atom. The standard InChI is InChI=1S/C12H20N3O15P3/c13-3-1-2-6-4-15(12(19)14-10(6)18)11-9(17)8(16)7(28-11)5-27-32(23,24)30-33(25,26)29-31(20,21)22/h1-2,4,7-9,11,16-17H,3,5,13H2,(H,23,24)(H,25,26)(H,14,18,19)(H2,20,21,22)/t7-,8?,9+,11-/m1/s1. The highest BCUT2D eigenvalue weighted by molar-refractivity contribution is 7.66. The zero-order chi connectivity index (χ0) is 25.2. The van der Waals surface area contributed by atoms with E-state index in [9.17, 15) is 38.4 Å². The van der Waals surface area contributed by atoms with Gasteiger partial charge >= 0.3 is 29.2 Å². The number of rotatable bonds is 10. The predicted octanol–water partition coefficient (Wildman–Crippen LogP) is -2.53. The van der Waals surface area contributed by atoms with Crippen molar-refractivity contribution < 1.29 is 61.4 Å². The molecule has 1 aromatic rings. The van der Waals surface area contributed by atoms with Crippen LogP contribution < -0.4 is 17.0 Å². The summed E-state index contributed by atoms with van der Waals surface area (Å²) >= 11 is 0. The molecule has 33 heavy (non-hydrogen) atoms. The molecular formula is C12H20N3O15P3. The molecule has 188 valence electrons. The SMILES string of the molecule is NCC=Cc1cn([C@@H]2O[C@H](COP(=O)(O)OP(=O)(O)OP(=O)(O)O)C(O)[C@@H]2O)c(=O)[nH]c1=O. The van der Waals surface area contributed by atoms with Crippen LogP contribution in [0.15, 0.2) is 21.9 Å². The molecule has 2 rings (SSSR count). The summed E-state index contributed by atoms with van der Waals surface area (Å²) in [5.41, 5.74) is 3.43. The molecule has 1 aliphatic heterocycles. The number of phosphoric ester groups is 1. The van der Waals surface area contributed by atoms with Gasteiger partial charge in [-0.25, -0.2) is 18.5 Å². The number of aromatic nitrogens is 2. The van der Waals surface area contributed by atoms with E-state index in [1.165, 1.54) is 12.2 Å². The maximum absolute atomic E-state index is 12.1. The summed E-state index contributed by atoms with van der Waals surface area (Å²) in [6.07, 6.45) is -3.19. The molecule has 0 spiro atoms. The fourth-order valence-corrected chi connectivity index (χ4v) is 5.60. The third-order valence-electron chi connectivity index (χ3n) is 3.86. The van der Waals surface area contributed by atoms with E-state index in [1.54, 1.807) is 0 Å². The average Bonchev–Trinajstić information content (AvgIpc) is 2.91. The lowest BCUT2D eigenvalue weighted by molar-refractivity contribution is -0.0542. The summed E-state index contributed by atoms with van der Waals surface area (Å²) in [6.45, 7) is -1.00. The number of nitrogens with zero attached hydrogens (tertiary/aromatic N) is 1. The molecule has 9 N–H and O–H groups in total. The molecule has 1 aliphatic rings. The summed E-state index contributed by atoms with van der Waals surface area (Å²) in [4.78, 5) is 61.4. The number of H-pyrrole nitrogens is 1. The van der Waals surface area contributed by atoms with Gasteiger partial charge in [-0.3, -0.25) is 18.9 Å². The third-order valence-corrected chi connectivity index (χ3v) is 7.66. The van der Waals surface area contributed by atoms with E-state index in [-0.39, 0.29) is 12.1 Å². The van der Waals surface area contributed by atoms with Crippen LogP contribution in [0.5, 0.6) is 0 Å². The summed E-state index contributed by atoms with van der Waals surface area (Å²) in [5.74, 6) is 0. The van der Waals surface area contributed by atoms with Gasteiger partial charge in [0.2, 0.25) is 0 Å². The van der Waals surface area contributed by atoms with Crippen LogP contribution in [0.1, 0.15) is 11.8 Å². The average molecular weight is 539 g/mol. The first-order valence-corrected chi connectivity index (χ1v) is 13.1. The molecule has 0 aliphatic carbocycles. The first-order chi connectivity index (χ1) is 15.1. The van der Waals surface area contributed by atoms with Gasteiger partial charge in [-0.15, -0.1) is 0 Å². The van der Waals surface area contributed by atoms with Crippen molar-refractivity contribution in [1.82, 2.24) is 9.55 Å². The lowest BCUT2D eigenvalue weighted by Crippen LogP contribution is -2.38. The van der Waals surface area contributed by atoms with Gasteiger partial charge in [0.1, 0.15) is 18.3 Å². The fraction of sp³-hybridized carbons (Fsp3) is 0.500. The molecule has 21 heteroatoms. The van der Waals surface area contributed by atoms with Crippen molar-refractivity contribution in [1.29, 1.82) is 0 Å². The number of phosphoric acid groups is 3. The highest BCUT2D eigenvalue weighted by Crippen LogP contribution is 2.66. The molecular weight excluding hydrogens is 519 g/mol. The lowest BCUT2D eigenvalue weighted by atomic mass is 10.1. The number of hydrogen-bond donors (Lipinski definition) is 8. The Morgan fingerprint density at radius 1 is 1.09 bits per heavy atom. The van der Waals surface area contributed by atoms with Crippen LogP contribution in [0.3, 0.4) is 0 Å². The molecule has 6 atom stereocenters. The van der Waals surface area contributed by atoms with Crippen LogP contribution in [0, 0.1) is 0 Å². The van der Waals surface area contributed by atoms with Gasteiger partial charge in [-0.1, -0.05) is 12.2 Å². The minimum atomic E-state index is -5.76. The minimum absolute atomic E-state index is 0.0537. The first-order valence-electron chi connectivity index (χ1n) is 8.57. The number of nitrogens with one attached hydrogen (secondary N) is 1. The van der Waals surface area contributed by atoms with Gasteiger partial charge in [0.05, 0.1) is 12.2 Å². The smallest absolute Gasteiger partial charge is 0.387 e. The summed E-state index contributed by atoms with van der Waals surface area (Å²) in [6, 6.07) is 0. The number of aliphatic hydroxyl groups excluding tert-OH is 2. The highest BCUT2D eigenvalue weighted by atomic mass is 31.3. The van der Waals surface area contributed by atoms with E-state index >= 15 is 0 Å². The van der Waals surface area contributed by atoms with E-state index in [1.807, 2.05) is 4.98 Å². The van der Waals surface area contributed by atoms with Crippen LogP contribution in [-0.4, -0.2) is 70.8 Å². The largest absolute Gasteiger partial charge is 0.490 e. The molecule has 1 saturated heterocycles. The van der Waals surface area contributed by atoms with Crippen LogP contribution >= 0.6 is 23.5 Å². The molecule has 1 fully saturated rings. The van der Waals surface area contributed by atoms with Crippen molar-refractivity contribution in [2.75, 3.05) is 13.2 Å². The second-order valence-electron chi connectivity index (χ2n) is 6.32. The van der Waals surface area contributed by atoms with Crippen molar-refractivity contribution in [3.8, 4) is 0 Å². The Kier molecular flexibility index (Phi) is 8.89. The molecule has 0 saturated carbocycles. The topological polar surface area (TPSA) is 290 Å². The van der Waals surface area contributed by atoms with Gasteiger partial charge < -0.3 is 40.3 Å². The summed E-state index contributed by atoms with van der Waals surface area (Å²) in [5, 5.41) is 20.3. The Labute approximate surface area is 183 Å². The van der Waals surface area contributed by atoms with E-state index in [0.717, 1.165) is 10.8 Å². The van der Waals surface area contributed by atoms with Gasteiger partial charge in [0.25, 0.3) is 5.56 Å². The van der Waals surface area contributed by atoms with Gasteiger partial charge in [-0.05, 0) is 0 Å². The number of ether oxygens (including phenoxy) is 1. The number of aromatic amines is 1. The van der Waals surface area contributed by atoms with E-state index in [4.69, 9.17) is 25.2 Å². The number of hydrogen-bond acceptors (Lipinski definition) is 12. The highest BCUT2D eigenvalue weighted by Gasteiger charge is 2.46. The monoisotopic (exact) mass is 539 g/mol. The molecule has 0 amide bonds. The van der Waals surface area contributed by atoms with E-state index in [0.29, 0.717) is 0 Å². The summed E-state index contributed by atoms with van der Waals surface area (Å²) in [7, 11) is -16.9. The van der Waals surface area contributed by atoms with Crippen molar-refractivity contribution in [2.45, 2.75) is 24.5 Å². The third kappa shape index (κ3) is 7.85. The van der Waals surface area contributed by atoms with Crippen LogP contribution in [0.2, 0.25) is 0 Å². The Hall–Kier alpha value is -1.33. The van der Waals surface area contributed by atoms with Crippen molar-refractivity contribution in [3.05, 3.63) is 38.7 Å². The minimum Gasteiger partial charge on any atom is -0.387 e. The maximum Gasteiger partial charge on any atom is 0.490 e. The quantitative estimate of drug-likeness (QED) is 0.142. The second kappa shape index (κ2) is 10.5. The molecule has 3 unspecified atom stereocenters. The van der Waals surface area contributed by atoms with Crippen molar-refractivity contribution in [2.24, 2.45) is 5.73 Å². The molecule has 0 aromatic carbocycles. The van der Waals surface area contributed by atoms with Crippen molar-refractivity contribution >= 4 is 29.5 Å². The van der Waals surface area contributed by atoms with Crippen LogP contribution in [-0.2, 0) is 31.6 Å². The second-order valence-corrected chi connectivity index (χ2v) is 10.7. The van der Waals surface area contributed by atoms with Gasteiger partial charge in [0.15, 0.2) is 6.23 Å². The zero-order valence-electron chi connectivity index (χ0n) is 16.2. The van der Waals surface area contributed by atoms with Gasteiger partial charge in [-0.2, -0.15) is 8.62 Å². The zero-order valence-corrected chi connectivity index (χ0v) is 18.9. The van der Waals surface area contributed by atoms with Crippen molar-refractivity contribution in [3.63, 3.8) is 0 Å². The lowest BCUT2D eigenvalue weighted by Gasteiger charge is -2.19. The van der Waals surface area contributed by atoms with Crippen LogP contribution in [0.4, 0.5) is 0 Å². The van der Waals surface area contributed by atoms with Gasteiger partial charge in [0, 0.05) is 12.7 Å². The first kappa shape index (κ1) is 27.9. The maximum atomic E-state index is 12.1. The number of nitrogens with two attached hydrogens (primary N) is 1. The number of aliphatic hydroxyl groups is 2. The molecule has 2 heterocycles. The van der Waals surface area contributed by atoms with E-state index < -0.39 is 65.9 Å². The summed E-state index contributed by atoms with van der Waals surface area (Å²) < 4.78 is 51.1. The normalized spacial score (nSPS) is 27.5. The molecule has 0 bridgehead atoms. The molecule has 1 aromatic heterocycles. The molecule has 18 nitrogen and oxygen atoms in total. The van der Waals surface area contributed by atoms with Crippen LogP contribution in [0.25, 0.3) is 6.08 Å². The Morgan fingerprint density at radius 3 is 2.30 bits per heavy atom. The van der Waals surface area contributed by atoms with E-state index in [2.05, 4.69) is 13.1 Å². The molecule has 0 radical (unpaired) electrons. The predicted molar refractivity (Wildman–Crippen MR) is 105 cm³/mol. The Balaban J connectivity index is 2.15.